The Bertz CT molecular complexity index is 3070. The van der Waals surface area contributed by atoms with E-state index in [4.69, 9.17) is 0 Å². The number of anilines is 3. The molecule has 4 heterocycles. The first kappa shape index (κ1) is 28.0. The number of para-hydroxylation sites is 5. The van der Waals surface area contributed by atoms with Crippen molar-refractivity contribution in [1.82, 2.24) is 9.13 Å². The van der Waals surface area contributed by atoms with Crippen molar-refractivity contribution in [3.63, 3.8) is 0 Å². The summed E-state index contributed by atoms with van der Waals surface area (Å²) in [5.41, 5.74) is 17.5. The van der Waals surface area contributed by atoms with Crippen LogP contribution in [-0.4, -0.2) is 15.8 Å². The van der Waals surface area contributed by atoms with E-state index in [0.717, 1.165) is 5.69 Å². The number of nitrogens with zero attached hydrogens (tertiary/aromatic N) is 3. The molecule has 8 aromatic carbocycles. The van der Waals surface area contributed by atoms with Gasteiger partial charge in [0.1, 0.15) is 0 Å². The highest BCUT2D eigenvalue weighted by atomic mass is 15.2. The van der Waals surface area contributed by atoms with Gasteiger partial charge in [-0.2, -0.15) is 0 Å². The maximum Gasteiger partial charge on any atom is 0.252 e. The number of aromatic nitrogens is 2. The van der Waals surface area contributed by atoms with E-state index >= 15 is 0 Å². The number of hydrogen-bond acceptors (Lipinski definition) is 1. The maximum atomic E-state index is 2.61. The molecular formula is C48H30BN3. The topological polar surface area (TPSA) is 13.1 Å². The van der Waals surface area contributed by atoms with Crippen LogP contribution in [0.3, 0.4) is 0 Å². The highest BCUT2D eigenvalue weighted by Gasteiger charge is 2.42. The summed E-state index contributed by atoms with van der Waals surface area (Å²) in [7, 11) is 0. The zero-order valence-corrected chi connectivity index (χ0v) is 28.2. The Morgan fingerprint density at radius 1 is 0.365 bits per heavy atom. The van der Waals surface area contributed by atoms with Crippen molar-refractivity contribution in [1.29, 1.82) is 0 Å². The number of hydrogen-bond donors (Lipinski definition) is 0. The quantitative estimate of drug-likeness (QED) is 0.172. The van der Waals surface area contributed by atoms with E-state index in [1.165, 1.54) is 93.9 Å². The van der Waals surface area contributed by atoms with Crippen molar-refractivity contribution >= 4 is 83.8 Å². The smallest absolute Gasteiger partial charge is 0.252 e. The molecule has 0 saturated carbocycles. The summed E-state index contributed by atoms with van der Waals surface area (Å²) in [6.07, 6.45) is 0. The SMILES string of the molecule is c1ccc(-c2c3c(cc4c5cccc6c5n(c24)-c2cccc4c2B6c2ccccc2N4c2ccccc2)c2ccccc2n3-c2ccccc2)cc1. The van der Waals surface area contributed by atoms with Crippen molar-refractivity contribution in [2.24, 2.45) is 0 Å². The van der Waals surface area contributed by atoms with Gasteiger partial charge in [0.25, 0.3) is 6.71 Å². The molecule has 2 aliphatic rings. The van der Waals surface area contributed by atoms with E-state index in [-0.39, 0.29) is 6.71 Å². The maximum absolute atomic E-state index is 2.61. The van der Waals surface area contributed by atoms with Crippen molar-refractivity contribution in [2.75, 3.05) is 4.90 Å². The first-order valence-electron chi connectivity index (χ1n) is 18.1. The molecule has 0 atom stereocenters. The Balaban J connectivity index is 1.31. The summed E-state index contributed by atoms with van der Waals surface area (Å²) in [5.74, 6) is 0. The minimum atomic E-state index is 0.108. The third-order valence-electron chi connectivity index (χ3n) is 11.5. The first-order valence-corrected chi connectivity index (χ1v) is 18.1. The van der Waals surface area contributed by atoms with Crippen LogP contribution in [0.1, 0.15) is 0 Å². The van der Waals surface area contributed by atoms with Gasteiger partial charge >= 0.3 is 0 Å². The highest BCUT2D eigenvalue weighted by Crippen LogP contribution is 2.48. The Morgan fingerprint density at radius 2 is 0.942 bits per heavy atom. The molecule has 0 N–H and O–H groups in total. The van der Waals surface area contributed by atoms with Crippen molar-refractivity contribution in [3.05, 3.63) is 182 Å². The van der Waals surface area contributed by atoms with E-state index in [1.807, 2.05) is 0 Å². The fourth-order valence-electron chi connectivity index (χ4n) is 9.52. The van der Waals surface area contributed by atoms with Crippen LogP contribution >= 0.6 is 0 Å². The Morgan fingerprint density at radius 3 is 1.77 bits per heavy atom. The lowest BCUT2D eigenvalue weighted by molar-refractivity contribution is 1.16. The minimum absolute atomic E-state index is 0.108. The minimum Gasteiger partial charge on any atom is -0.311 e. The second-order valence-electron chi connectivity index (χ2n) is 14.0. The van der Waals surface area contributed by atoms with Gasteiger partial charge in [0, 0.05) is 61.1 Å². The molecule has 0 radical (unpaired) electrons. The molecule has 4 heteroatoms. The highest BCUT2D eigenvalue weighted by molar-refractivity contribution is 7.00. The lowest BCUT2D eigenvalue weighted by Crippen LogP contribution is -2.60. The molecule has 0 bridgehead atoms. The third-order valence-corrected chi connectivity index (χ3v) is 11.5. The second kappa shape index (κ2) is 10.4. The predicted octanol–water partition coefficient (Wildman–Crippen LogP) is 10.2. The number of benzene rings is 8. The van der Waals surface area contributed by atoms with Crippen molar-refractivity contribution < 1.29 is 0 Å². The van der Waals surface area contributed by atoms with Crippen molar-refractivity contribution in [2.45, 2.75) is 0 Å². The van der Waals surface area contributed by atoms with E-state index in [2.05, 4.69) is 196 Å². The van der Waals surface area contributed by atoms with Crippen LogP contribution in [0.4, 0.5) is 17.1 Å². The first-order chi connectivity index (χ1) is 25.9. The molecule has 10 aromatic rings. The van der Waals surface area contributed by atoms with Gasteiger partial charge in [-0.1, -0.05) is 127 Å². The largest absolute Gasteiger partial charge is 0.311 e. The fraction of sp³-hybridized carbons (Fsp3) is 0. The molecular weight excluding hydrogens is 629 g/mol. The fourth-order valence-corrected chi connectivity index (χ4v) is 9.52. The monoisotopic (exact) mass is 659 g/mol. The molecule has 0 spiro atoms. The van der Waals surface area contributed by atoms with E-state index in [1.54, 1.807) is 0 Å². The molecule has 3 nitrogen and oxygen atoms in total. The van der Waals surface area contributed by atoms with E-state index in [0.29, 0.717) is 0 Å². The lowest BCUT2D eigenvalue weighted by atomic mass is 9.34. The van der Waals surface area contributed by atoms with Gasteiger partial charge in [-0.25, -0.2) is 0 Å². The summed E-state index contributed by atoms with van der Waals surface area (Å²) in [5, 5.41) is 5.11. The average molecular weight is 660 g/mol. The van der Waals surface area contributed by atoms with Gasteiger partial charge in [-0.15, -0.1) is 0 Å². The molecule has 12 rings (SSSR count). The van der Waals surface area contributed by atoms with E-state index < -0.39 is 0 Å². The molecule has 0 unspecified atom stereocenters. The molecule has 0 saturated heterocycles. The van der Waals surface area contributed by atoms with Crippen LogP contribution in [-0.2, 0) is 0 Å². The van der Waals surface area contributed by atoms with Gasteiger partial charge in [0.05, 0.1) is 16.6 Å². The summed E-state index contributed by atoms with van der Waals surface area (Å²) < 4.78 is 5.10. The van der Waals surface area contributed by atoms with Crippen LogP contribution in [0, 0.1) is 0 Å². The van der Waals surface area contributed by atoms with Crippen LogP contribution in [0.15, 0.2) is 182 Å². The second-order valence-corrected chi connectivity index (χ2v) is 14.0. The Hall–Kier alpha value is -6.78. The van der Waals surface area contributed by atoms with Crippen LogP contribution < -0.4 is 21.3 Å². The van der Waals surface area contributed by atoms with Gasteiger partial charge in [0.15, 0.2) is 0 Å². The Labute approximate surface area is 301 Å². The summed E-state index contributed by atoms with van der Waals surface area (Å²) in [4.78, 5) is 2.46. The van der Waals surface area contributed by atoms with Gasteiger partial charge in [0.2, 0.25) is 0 Å². The molecule has 2 aliphatic heterocycles. The van der Waals surface area contributed by atoms with Gasteiger partial charge in [-0.05, 0) is 76.5 Å². The zero-order chi connectivity index (χ0) is 33.9. The van der Waals surface area contributed by atoms with Crippen LogP contribution in [0.2, 0.25) is 0 Å². The lowest BCUT2D eigenvalue weighted by Gasteiger charge is -2.40. The normalized spacial score (nSPS) is 12.9. The van der Waals surface area contributed by atoms with E-state index in [9.17, 15) is 0 Å². The molecule has 0 amide bonds. The van der Waals surface area contributed by atoms with Crippen LogP contribution in [0.5, 0.6) is 0 Å². The molecule has 2 aromatic heterocycles. The summed E-state index contributed by atoms with van der Waals surface area (Å²) in [6.45, 7) is 0.108. The standard InChI is InChI=1S/C48H30BN3/c1-4-16-31(17-5-1)44-47-36(34-22-10-12-26-40(34)51(47)33-20-8-3-9-21-33)30-37-35-23-14-25-39-46(35)52(48(37)44)43-29-15-28-42-45(43)49(39)38-24-11-13-27-41(38)50(42)32-18-6-2-7-19-32/h1-30H. The molecule has 52 heavy (non-hydrogen) atoms. The molecule has 0 aliphatic carbocycles. The predicted molar refractivity (Wildman–Crippen MR) is 220 cm³/mol. The summed E-state index contributed by atoms with van der Waals surface area (Å²) in [6, 6.07) is 67.0. The Kier molecular flexibility index (Phi) is 5.58. The van der Waals surface area contributed by atoms with Crippen LogP contribution in [0.25, 0.3) is 66.1 Å². The number of rotatable bonds is 3. The summed E-state index contributed by atoms with van der Waals surface area (Å²) >= 11 is 0. The zero-order valence-electron chi connectivity index (χ0n) is 28.2. The van der Waals surface area contributed by atoms with Gasteiger partial charge in [-0.3, -0.25) is 0 Å². The molecule has 240 valence electrons. The van der Waals surface area contributed by atoms with Gasteiger partial charge < -0.3 is 14.0 Å². The number of fused-ring (bicyclic) bond motifs is 10. The third kappa shape index (κ3) is 3.56. The average Bonchev–Trinajstić information content (AvgIpc) is 3.73. The van der Waals surface area contributed by atoms with Crippen molar-refractivity contribution in [3.8, 4) is 22.5 Å². The molecule has 0 fully saturated rings.